The van der Waals surface area contributed by atoms with E-state index in [0.29, 0.717) is 5.69 Å². The van der Waals surface area contributed by atoms with Crippen molar-refractivity contribution in [3.63, 3.8) is 0 Å². The van der Waals surface area contributed by atoms with E-state index in [1.165, 1.54) is 11.3 Å². The summed E-state index contributed by atoms with van der Waals surface area (Å²) in [6.07, 6.45) is 6.33. The molecule has 1 saturated carbocycles. The first kappa shape index (κ1) is 29.7. The van der Waals surface area contributed by atoms with Gasteiger partial charge in [0.25, 0.3) is 0 Å². The maximum atomic E-state index is 13.8. The topological polar surface area (TPSA) is 86.8 Å². The van der Waals surface area contributed by atoms with Crippen LogP contribution >= 0.6 is 0 Å². The smallest absolute Gasteiger partial charge is 0.244 e. The van der Waals surface area contributed by atoms with E-state index < -0.39 is 22.0 Å². The van der Waals surface area contributed by atoms with Crippen LogP contribution in [-0.4, -0.2) is 50.0 Å². The normalized spacial score (nSPS) is 15.5. The van der Waals surface area contributed by atoms with Crippen molar-refractivity contribution in [3.8, 4) is 0 Å². The molecule has 1 aliphatic rings. The van der Waals surface area contributed by atoms with E-state index in [9.17, 15) is 18.0 Å². The highest BCUT2D eigenvalue weighted by molar-refractivity contribution is 7.92. The first-order valence-electron chi connectivity index (χ1n) is 13.5. The second kappa shape index (κ2) is 12.3. The lowest BCUT2D eigenvalue weighted by molar-refractivity contribution is -0.139. The van der Waals surface area contributed by atoms with Crippen LogP contribution in [0.15, 0.2) is 48.5 Å². The summed E-state index contributed by atoms with van der Waals surface area (Å²) in [6.45, 7) is 9.77. The van der Waals surface area contributed by atoms with Gasteiger partial charge in [-0.25, -0.2) is 8.42 Å². The van der Waals surface area contributed by atoms with Crippen molar-refractivity contribution in [2.75, 3.05) is 17.1 Å². The van der Waals surface area contributed by atoms with Crippen LogP contribution in [0.3, 0.4) is 0 Å². The van der Waals surface area contributed by atoms with Crippen LogP contribution in [0.5, 0.6) is 0 Å². The average molecular weight is 542 g/mol. The fraction of sp³-hybridized carbons (Fsp3) is 0.533. The van der Waals surface area contributed by atoms with Crippen LogP contribution in [0.25, 0.3) is 0 Å². The molecule has 0 heterocycles. The monoisotopic (exact) mass is 541 g/mol. The molecule has 2 aromatic rings. The summed E-state index contributed by atoms with van der Waals surface area (Å²) in [5.41, 5.74) is 3.32. The molecule has 1 fully saturated rings. The third kappa shape index (κ3) is 7.82. The minimum atomic E-state index is -3.76. The molecule has 1 N–H and O–H groups in total. The Kier molecular flexibility index (Phi) is 9.63. The Morgan fingerprint density at radius 1 is 1.00 bits per heavy atom. The Hall–Kier alpha value is -2.87. The predicted octanol–water partition coefficient (Wildman–Crippen LogP) is 4.92. The van der Waals surface area contributed by atoms with Crippen molar-refractivity contribution in [1.29, 1.82) is 0 Å². The van der Waals surface area contributed by atoms with Crippen LogP contribution in [0.1, 0.15) is 76.5 Å². The van der Waals surface area contributed by atoms with E-state index in [1.54, 1.807) is 19.1 Å². The molecular weight excluding hydrogens is 498 g/mol. The third-order valence-electron chi connectivity index (χ3n) is 7.42. The van der Waals surface area contributed by atoms with Gasteiger partial charge in [0.1, 0.15) is 12.6 Å². The summed E-state index contributed by atoms with van der Waals surface area (Å²) in [6, 6.07) is 14.3. The molecule has 208 valence electrons. The Morgan fingerprint density at radius 3 is 2.16 bits per heavy atom. The highest BCUT2D eigenvalue weighted by Crippen LogP contribution is 2.26. The SMILES string of the molecule is Cc1ccccc1CN(C(=O)CN(c1ccc(C(C)(C)C)cc1)S(C)(=O)=O)[C@H](C)C(=O)NC1CCCCC1. The van der Waals surface area contributed by atoms with Crippen LogP contribution in [-0.2, 0) is 31.6 Å². The Bertz CT molecular complexity index is 1210. The van der Waals surface area contributed by atoms with Gasteiger partial charge in [-0.05, 0) is 60.9 Å². The van der Waals surface area contributed by atoms with Crippen molar-refractivity contribution < 1.29 is 18.0 Å². The Balaban J connectivity index is 1.89. The van der Waals surface area contributed by atoms with Gasteiger partial charge in [0, 0.05) is 12.6 Å². The maximum Gasteiger partial charge on any atom is 0.244 e. The molecule has 0 saturated heterocycles. The molecule has 38 heavy (non-hydrogen) atoms. The summed E-state index contributed by atoms with van der Waals surface area (Å²) in [5, 5.41) is 3.13. The summed E-state index contributed by atoms with van der Waals surface area (Å²) >= 11 is 0. The van der Waals surface area contributed by atoms with Gasteiger partial charge < -0.3 is 10.2 Å². The highest BCUT2D eigenvalue weighted by Gasteiger charge is 2.31. The van der Waals surface area contributed by atoms with Gasteiger partial charge in [-0.15, -0.1) is 0 Å². The first-order valence-corrected chi connectivity index (χ1v) is 15.3. The first-order chi connectivity index (χ1) is 17.8. The Labute approximate surface area is 228 Å². The molecule has 3 rings (SSSR count). The molecule has 0 bridgehead atoms. The van der Waals surface area contributed by atoms with Crippen molar-refractivity contribution in [2.45, 2.75) is 90.8 Å². The van der Waals surface area contributed by atoms with Gasteiger partial charge >= 0.3 is 0 Å². The number of anilines is 1. The molecule has 2 aromatic carbocycles. The maximum absolute atomic E-state index is 13.8. The van der Waals surface area contributed by atoms with Gasteiger partial charge in [0.05, 0.1) is 11.9 Å². The molecule has 8 heteroatoms. The van der Waals surface area contributed by atoms with E-state index in [4.69, 9.17) is 0 Å². The minimum Gasteiger partial charge on any atom is -0.352 e. The number of nitrogens with one attached hydrogen (secondary N) is 1. The van der Waals surface area contributed by atoms with Crippen molar-refractivity contribution in [1.82, 2.24) is 10.2 Å². The van der Waals surface area contributed by atoms with E-state index in [-0.39, 0.29) is 30.5 Å². The van der Waals surface area contributed by atoms with Crippen molar-refractivity contribution >= 4 is 27.5 Å². The number of aryl methyl sites for hydroxylation is 1. The molecule has 2 amide bonds. The summed E-state index contributed by atoms with van der Waals surface area (Å²) in [7, 11) is -3.76. The fourth-order valence-electron chi connectivity index (χ4n) is 4.86. The summed E-state index contributed by atoms with van der Waals surface area (Å²) in [4.78, 5) is 28.6. The minimum absolute atomic E-state index is 0.0876. The zero-order valence-electron chi connectivity index (χ0n) is 23.7. The number of sulfonamides is 1. The molecule has 0 spiro atoms. The molecule has 1 atom stereocenters. The van der Waals surface area contributed by atoms with Gasteiger partial charge in [-0.2, -0.15) is 0 Å². The van der Waals surface area contributed by atoms with Gasteiger partial charge in [0.15, 0.2) is 0 Å². The number of benzene rings is 2. The van der Waals surface area contributed by atoms with E-state index in [0.717, 1.165) is 52.9 Å². The highest BCUT2D eigenvalue weighted by atomic mass is 32.2. The van der Waals surface area contributed by atoms with Crippen LogP contribution in [0, 0.1) is 6.92 Å². The lowest BCUT2D eigenvalue weighted by Crippen LogP contribution is -2.53. The molecule has 7 nitrogen and oxygen atoms in total. The number of amides is 2. The molecule has 0 unspecified atom stereocenters. The third-order valence-corrected chi connectivity index (χ3v) is 8.56. The fourth-order valence-corrected chi connectivity index (χ4v) is 5.71. The molecule has 0 aromatic heterocycles. The van der Waals surface area contributed by atoms with E-state index in [2.05, 4.69) is 26.1 Å². The molecule has 1 aliphatic carbocycles. The number of hydrogen-bond donors (Lipinski definition) is 1. The van der Waals surface area contributed by atoms with E-state index >= 15 is 0 Å². The largest absolute Gasteiger partial charge is 0.352 e. The van der Waals surface area contributed by atoms with Crippen LogP contribution in [0.4, 0.5) is 5.69 Å². The lowest BCUT2D eigenvalue weighted by Gasteiger charge is -2.33. The van der Waals surface area contributed by atoms with Gasteiger partial charge in [-0.3, -0.25) is 13.9 Å². The predicted molar refractivity (Wildman–Crippen MR) is 154 cm³/mol. The van der Waals surface area contributed by atoms with Gasteiger partial charge in [0.2, 0.25) is 21.8 Å². The zero-order valence-corrected chi connectivity index (χ0v) is 24.5. The molecule has 0 radical (unpaired) electrons. The number of carbonyl (C=O) groups is 2. The number of carbonyl (C=O) groups excluding carboxylic acids is 2. The molecular formula is C30H43N3O4S. The average Bonchev–Trinajstić information content (AvgIpc) is 2.85. The lowest BCUT2D eigenvalue weighted by atomic mass is 9.87. The standard InChI is InChI=1S/C30H43N3O4S/c1-22-12-10-11-13-24(22)20-32(23(2)29(35)31-26-14-8-7-9-15-26)28(34)21-33(38(6,36)37)27-18-16-25(17-19-27)30(3,4)5/h10-13,16-19,23,26H,7-9,14-15,20-21H2,1-6H3,(H,31,35)/t23-/m1/s1. The number of rotatable bonds is 9. The van der Waals surface area contributed by atoms with Crippen LogP contribution in [0.2, 0.25) is 0 Å². The summed E-state index contributed by atoms with van der Waals surface area (Å²) < 4.78 is 26.8. The number of hydrogen-bond acceptors (Lipinski definition) is 4. The quantitative estimate of drug-likeness (QED) is 0.488. The van der Waals surface area contributed by atoms with Gasteiger partial charge in [-0.1, -0.05) is 76.4 Å². The van der Waals surface area contributed by atoms with E-state index in [1.807, 2.05) is 43.3 Å². The number of nitrogens with zero attached hydrogens (tertiary/aromatic N) is 2. The summed E-state index contributed by atoms with van der Waals surface area (Å²) in [5.74, 6) is -0.635. The van der Waals surface area contributed by atoms with Crippen molar-refractivity contribution in [3.05, 3.63) is 65.2 Å². The molecule has 0 aliphatic heterocycles. The zero-order chi connectivity index (χ0) is 28.1. The second-order valence-corrected chi connectivity index (χ2v) is 13.4. The second-order valence-electron chi connectivity index (χ2n) is 11.5. The Morgan fingerprint density at radius 2 is 1.61 bits per heavy atom. The van der Waals surface area contributed by atoms with Crippen LogP contribution < -0.4 is 9.62 Å². The van der Waals surface area contributed by atoms with Crippen molar-refractivity contribution in [2.24, 2.45) is 0 Å².